The Bertz CT molecular complexity index is 171. The van der Waals surface area contributed by atoms with Crippen LogP contribution in [0.3, 0.4) is 0 Å². The second-order valence-electron chi connectivity index (χ2n) is 4.95. The Balaban J connectivity index is 2.24. The predicted octanol–water partition coefficient (Wildman–Crippen LogP) is 2.66. The van der Waals surface area contributed by atoms with Gasteiger partial charge in [0.15, 0.2) is 0 Å². The molecule has 16 heavy (non-hydrogen) atoms. The summed E-state index contributed by atoms with van der Waals surface area (Å²) in [5.74, 6) is 2.08. The summed E-state index contributed by atoms with van der Waals surface area (Å²) < 4.78 is 0. The molecule has 1 aliphatic carbocycles. The van der Waals surface area contributed by atoms with Gasteiger partial charge >= 0.3 is 0 Å². The van der Waals surface area contributed by atoms with E-state index in [2.05, 4.69) is 19.3 Å². The van der Waals surface area contributed by atoms with E-state index in [4.69, 9.17) is 5.11 Å². The zero-order valence-electron chi connectivity index (χ0n) is 10.7. The summed E-state index contributed by atoms with van der Waals surface area (Å²) >= 11 is 2.00. The van der Waals surface area contributed by atoms with Crippen molar-refractivity contribution in [1.82, 2.24) is 5.32 Å². The molecule has 0 spiro atoms. The zero-order valence-corrected chi connectivity index (χ0v) is 11.6. The van der Waals surface area contributed by atoms with Gasteiger partial charge in [0.1, 0.15) is 0 Å². The molecule has 0 bridgehead atoms. The standard InChI is InChI=1S/C13H27NOS/c1-11(8-9-15)16-10-13(14-2)12-6-4-3-5-7-12/h11-15H,3-10H2,1-2H3. The Morgan fingerprint density at radius 2 is 2.00 bits per heavy atom. The van der Waals surface area contributed by atoms with Gasteiger partial charge in [-0.3, -0.25) is 0 Å². The first-order valence-electron chi connectivity index (χ1n) is 6.67. The van der Waals surface area contributed by atoms with E-state index in [1.54, 1.807) is 0 Å². The Hall–Kier alpha value is 0.270. The van der Waals surface area contributed by atoms with Crippen LogP contribution in [0.1, 0.15) is 45.4 Å². The average molecular weight is 245 g/mol. The normalized spacial score (nSPS) is 21.9. The van der Waals surface area contributed by atoms with Crippen LogP contribution >= 0.6 is 11.8 Å². The van der Waals surface area contributed by atoms with Crippen LogP contribution in [0.4, 0.5) is 0 Å². The van der Waals surface area contributed by atoms with Crippen molar-refractivity contribution < 1.29 is 5.11 Å². The Kier molecular flexibility index (Phi) is 7.50. The summed E-state index contributed by atoms with van der Waals surface area (Å²) in [6.45, 7) is 2.54. The van der Waals surface area contributed by atoms with Crippen molar-refractivity contribution in [3.8, 4) is 0 Å². The molecule has 2 atom stereocenters. The summed E-state index contributed by atoms with van der Waals surface area (Å²) in [6, 6.07) is 0.673. The maximum absolute atomic E-state index is 8.88. The van der Waals surface area contributed by atoms with Gasteiger partial charge < -0.3 is 10.4 Å². The number of aliphatic hydroxyl groups is 1. The lowest BCUT2D eigenvalue weighted by Gasteiger charge is -2.30. The van der Waals surface area contributed by atoms with E-state index in [1.165, 1.54) is 37.9 Å². The minimum absolute atomic E-state index is 0.321. The highest BCUT2D eigenvalue weighted by molar-refractivity contribution is 7.99. The molecule has 1 fully saturated rings. The number of aliphatic hydroxyl groups excluding tert-OH is 1. The van der Waals surface area contributed by atoms with Crippen molar-refractivity contribution in [2.75, 3.05) is 19.4 Å². The van der Waals surface area contributed by atoms with Gasteiger partial charge in [0.25, 0.3) is 0 Å². The van der Waals surface area contributed by atoms with Crippen molar-refractivity contribution in [3.63, 3.8) is 0 Å². The van der Waals surface area contributed by atoms with Crippen LogP contribution in [0.2, 0.25) is 0 Å². The lowest BCUT2D eigenvalue weighted by molar-refractivity contribution is 0.287. The molecule has 1 saturated carbocycles. The Morgan fingerprint density at radius 3 is 2.56 bits per heavy atom. The van der Waals surface area contributed by atoms with E-state index in [0.717, 1.165) is 12.3 Å². The van der Waals surface area contributed by atoms with E-state index in [9.17, 15) is 0 Å². The number of rotatable bonds is 7. The van der Waals surface area contributed by atoms with Gasteiger partial charge in [0.05, 0.1) is 0 Å². The van der Waals surface area contributed by atoms with Crippen molar-refractivity contribution in [2.45, 2.75) is 56.7 Å². The summed E-state index contributed by atoms with van der Waals surface area (Å²) in [6.07, 6.45) is 7.99. The maximum atomic E-state index is 8.88. The third kappa shape index (κ3) is 5.07. The quantitative estimate of drug-likeness (QED) is 0.723. The van der Waals surface area contributed by atoms with Crippen LogP contribution in [0.15, 0.2) is 0 Å². The van der Waals surface area contributed by atoms with E-state index < -0.39 is 0 Å². The van der Waals surface area contributed by atoms with Crippen LogP contribution in [-0.2, 0) is 0 Å². The molecule has 1 aliphatic rings. The molecule has 0 aliphatic heterocycles. The molecule has 3 heteroatoms. The topological polar surface area (TPSA) is 32.3 Å². The molecule has 0 radical (unpaired) electrons. The predicted molar refractivity (Wildman–Crippen MR) is 73.0 cm³/mol. The van der Waals surface area contributed by atoms with Crippen molar-refractivity contribution in [2.24, 2.45) is 5.92 Å². The fourth-order valence-corrected chi connectivity index (χ4v) is 3.77. The largest absolute Gasteiger partial charge is 0.396 e. The summed E-state index contributed by atoms with van der Waals surface area (Å²) in [4.78, 5) is 0. The summed E-state index contributed by atoms with van der Waals surface area (Å²) in [7, 11) is 2.09. The molecule has 0 aromatic carbocycles. The van der Waals surface area contributed by atoms with E-state index >= 15 is 0 Å². The molecular formula is C13H27NOS. The SMILES string of the molecule is CNC(CSC(C)CCO)C1CCCCC1. The maximum Gasteiger partial charge on any atom is 0.0441 e. The summed E-state index contributed by atoms with van der Waals surface area (Å²) in [5, 5.41) is 13.0. The summed E-state index contributed by atoms with van der Waals surface area (Å²) in [5.41, 5.74) is 0. The number of hydrogen-bond donors (Lipinski definition) is 2. The van der Waals surface area contributed by atoms with E-state index in [1.807, 2.05) is 11.8 Å². The molecule has 96 valence electrons. The smallest absolute Gasteiger partial charge is 0.0441 e. The number of nitrogens with one attached hydrogen (secondary N) is 1. The fraction of sp³-hybridized carbons (Fsp3) is 1.00. The van der Waals surface area contributed by atoms with Crippen LogP contribution in [0.25, 0.3) is 0 Å². The lowest BCUT2D eigenvalue weighted by Crippen LogP contribution is -2.37. The monoisotopic (exact) mass is 245 g/mol. The first-order chi connectivity index (χ1) is 7.77. The zero-order chi connectivity index (χ0) is 11.8. The van der Waals surface area contributed by atoms with Crippen LogP contribution in [0.5, 0.6) is 0 Å². The van der Waals surface area contributed by atoms with Crippen molar-refractivity contribution >= 4 is 11.8 Å². The molecule has 0 heterocycles. The minimum atomic E-state index is 0.321. The van der Waals surface area contributed by atoms with Crippen molar-refractivity contribution in [1.29, 1.82) is 0 Å². The number of thioether (sulfide) groups is 1. The number of hydrogen-bond acceptors (Lipinski definition) is 3. The van der Waals surface area contributed by atoms with Gasteiger partial charge in [-0.15, -0.1) is 0 Å². The molecule has 0 saturated heterocycles. The highest BCUT2D eigenvalue weighted by atomic mass is 32.2. The first kappa shape index (κ1) is 14.3. The highest BCUT2D eigenvalue weighted by Gasteiger charge is 2.22. The second kappa shape index (κ2) is 8.37. The molecule has 0 amide bonds. The molecule has 2 unspecified atom stereocenters. The van der Waals surface area contributed by atoms with Gasteiger partial charge in [-0.2, -0.15) is 11.8 Å². The Labute approximate surface area is 105 Å². The van der Waals surface area contributed by atoms with Crippen LogP contribution in [0, 0.1) is 5.92 Å². The van der Waals surface area contributed by atoms with Gasteiger partial charge in [0, 0.05) is 23.7 Å². The van der Waals surface area contributed by atoms with Gasteiger partial charge in [-0.05, 0) is 32.2 Å². The van der Waals surface area contributed by atoms with E-state index in [0.29, 0.717) is 17.9 Å². The minimum Gasteiger partial charge on any atom is -0.396 e. The second-order valence-corrected chi connectivity index (χ2v) is 6.42. The molecule has 0 aromatic heterocycles. The molecule has 0 aromatic rings. The fourth-order valence-electron chi connectivity index (χ4n) is 2.52. The van der Waals surface area contributed by atoms with Crippen molar-refractivity contribution in [3.05, 3.63) is 0 Å². The van der Waals surface area contributed by atoms with Crippen LogP contribution < -0.4 is 5.32 Å². The third-order valence-corrected chi connectivity index (χ3v) is 5.04. The molecule has 2 N–H and O–H groups in total. The molecule has 1 rings (SSSR count). The molecular weight excluding hydrogens is 218 g/mol. The van der Waals surface area contributed by atoms with Gasteiger partial charge in [-0.25, -0.2) is 0 Å². The van der Waals surface area contributed by atoms with Gasteiger partial charge in [-0.1, -0.05) is 26.2 Å². The lowest BCUT2D eigenvalue weighted by atomic mass is 9.84. The first-order valence-corrected chi connectivity index (χ1v) is 7.72. The van der Waals surface area contributed by atoms with Gasteiger partial charge in [0.2, 0.25) is 0 Å². The average Bonchev–Trinajstić information content (AvgIpc) is 2.31. The van der Waals surface area contributed by atoms with Crippen LogP contribution in [-0.4, -0.2) is 35.8 Å². The molecule has 2 nitrogen and oxygen atoms in total. The van der Waals surface area contributed by atoms with E-state index in [-0.39, 0.29) is 0 Å². The third-order valence-electron chi connectivity index (χ3n) is 3.69. The highest BCUT2D eigenvalue weighted by Crippen LogP contribution is 2.28. The Morgan fingerprint density at radius 1 is 1.31 bits per heavy atom.